The van der Waals surface area contributed by atoms with Gasteiger partial charge < -0.3 is 11.1 Å². The van der Waals surface area contributed by atoms with Crippen LogP contribution in [-0.4, -0.2) is 19.1 Å². The number of hydrogen-bond acceptors (Lipinski definition) is 2. The summed E-state index contributed by atoms with van der Waals surface area (Å²) in [5.74, 6) is -0.135. The molecular formula is C16H27FN2. The van der Waals surface area contributed by atoms with Crippen LogP contribution in [0.15, 0.2) is 18.2 Å². The second kappa shape index (κ2) is 7.01. The van der Waals surface area contributed by atoms with Crippen molar-refractivity contribution in [2.45, 2.75) is 52.0 Å². The lowest BCUT2D eigenvalue weighted by Crippen LogP contribution is -2.34. The Kier molecular flexibility index (Phi) is 5.95. The molecule has 1 rings (SSSR count). The Morgan fingerprint density at radius 2 is 2.05 bits per heavy atom. The zero-order valence-corrected chi connectivity index (χ0v) is 12.6. The molecule has 0 amide bonds. The second-order valence-electron chi connectivity index (χ2n) is 6.14. The highest BCUT2D eigenvalue weighted by atomic mass is 19.1. The highest BCUT2D eigenvalue weighted by molar-refractivity contribution is 5.29. The molecule has 3 N–H and O–H groups in total. The van der Waals surface area contributed by atoms with Gasteiger partial charge in [-0.3, -0.25) is 0 Å². The van der Waals surface area contributed by atoms with Crippen molar-refractivity contribution in [3.8, 4) is 0 Å². The second-order valence-corrected chi connectivity index (χ2v) is 6.14. The molecule has 0 heterocycles. The lowest BCUT2D eigenvalue weighted by Gasteiger charge is -2.26. The van der Waals surface area contributed by atoms with E-state index in [1.807, 2.05) is 26.0 Å². The van der Waals surface area contributed by atoms with E-state index in [1.165, 1.54) is 5.56 Å². The van der Waals surface area contributed by atoms with Crippen molar-refractivity contribution >= 4 is 0 Å². The molecule has 0 bridgehead atoms. The molecule has 0 aromatic heterocycles. The Hall–Kier alpha value is -0.930. The molecule has 0 spiro atoms. The summed E-state index contributed by atoms with van der Waals surface area (Å²) in [6.07, 6.45) is 2.14. The summed E-state index contributed by atoms with van der Waals surface area (Å²) >= 11 is 0. The molecule has 1 atom stereocenters. The lowest BCUT2D eigenvalue weighted by atomic mass is 9.84. The van der Waals surface area contributed by atoms with E-state index >= 15 is 0 Å². The van der Waals surface area contributed by atoms with E-state index in [1.54, 1.807) is 6.07 Å². The van der Waals surface area contributed by atoms with E-state index in [9.17, 15) is 4.39 Å². The minimum Gasteiger partial charge on any atom is -0.328 e. The normalized spacial score (nSPS) is 13.6. The van der Waals surface area contributed by atoms with Gasteiger partial charge in [-0.25, -0.2) is 4.39 Å². The van der Waals surface area contributed by atoms with Crippen molar-refractivity contribution in [2.24, 2.45) is 5.73 Å². The van der Waals surface area contributed by atoms with Crippen LogP contribution in [0.3, 0.4) is 0 Å². The number of benzene rings is 1. The smallest absolute Gasteiger partial charge is 0.126 e. The van der Waals surface area contributed by atoms with E-state index in [0.717, 1.165) is 25.9 Å². The zero-order chi connectivity index (χ0) is 14.5. The molecule has 108 valence electrons. The Bertz CT molecular complexity index is 400. The van der Waals surface area contributed by atoms with Crippen molar-refractivity contribution in [3.05, 3.63) is 35.1 Å². The predicted molar refractivity (Wildman–Crippen MR) is 79.9 cm³/mol. The number of halogens is 1. The van der Waals surface area contributed by atoms with Gasteiger partial charge in [-0.15, -0.1) is 0 Å². The molecule has 1 aromatic carbocycles. The van der Waals surface area contributed by atoms with Crippen molar-refractivity contribution < 1.29 is 4.39 Å². The minimum absolute atomic E-state index is 0.00674. The van der Waals surface area contributed by atoms with Crippen LogP contribution < -0.4 is 11.1 Å². The molecule has 0 fully saturated rings. The summed E-state index contributed by atoms with van der Waals surface area (Å²) in [6, 6.07) is 5.66. The lowest BCUT2D eigenvalue weighted by molar-refractivity contribution is 0.457. The first-order chi connectivity index (χ1) is 8.83. The average Bonchev–Trinajstić information content (AvgIpc) is 2.31. The van der Waals surface area contributed by atoms with Crippen LogP contribution in [0.4, 0.5) is 4.39 Å². The summed E-state index contributed by atoms with van der Waals surface area (Å²) < 4.78 is 13.3. The zero-order valence-electron chi connectivity index (χ0n) is 12.6. The van der Waals surface area contributed by atoms with E-state index in [-0.39, 0.29) is 17.3 Å². The van der Waals surface area contributed by atoms with Gasteiger partial charge in [0.25, 0.3) is 0 Å². The molecule has 19 heavy (non-hydrogen) atoms. The summed E-state index contributed by atoms with van der Waals surface area (Å²) in [5, 5.41) is 3.46. The summed E-state index contributed by atoms with van der Waals surface area (Å²) in [6.45, 7) is 10.1. The van der Waals surface area contributed by atoms with Crippen molar-refractivity contribution in [1.29, 1.82) is 0 Å². The third-order valence-corrected chi connectivity index (χ3v) is 3.52. The number of hydrogen-bond donors (Lipinski definition) is 2. The number of aryl methyl sites for hydroxylation is 1. The van der Waals surface area contributed by atoms with Crippen LogP contribution in [0.2, 0.25) is 0 Å². The Morgan fingerprint density at radius 1 is 1.37 bits per heavy atom. The largest absolute Gasteiger partial charge is 0.328 e. The van der Waals surface area contributed by atoms with Crippen LogP contribution >= 0.6 is 0 Å². The van der Waals surface area contributed by atoms with Crippen LogP contribution in [-0.2, 0) is 5.41 Å². The first kappa shape index (κ1) is 16.1. The molecule has 0 aliphatic heterocycles. The third-order valence-electron chi connectivity index (χ3n) is 3.52. The van der Waals surface area contributed by atoms with Crippen LogP contribution in [0.25, 0.3) is 0 Å². The topological polar surface area (TPSA) is 38.0 Å². The highest BCUT2D eigenvalue weighted by Gasteiger charge is 2.20. The Labute approximate surface area is 116 Å². The summed E-state index contributed by atoms with van der Waals surface area (Å²) in [7, 11) is 0. The van der Waals surface area contributed by atoms with Gasteiger partial charge in [0.1, 0.15) is 5.82 Å². The molecule has 0 radical (unpaired) electrons. The van der Waals surface area contributed by atoms with E-state index in [4.69, 9.17) is 5.73 Å². The average molecular weight is 266 g/mol. The third kappa shape index (κ3) is 5.29. The monoisotopic (exact) mass is 266 g/mol. The van der Waals surface area contributed by atoms with Crippen LogP contribution in [0, 0.1) is 12.7 Å². The van der Waals surface area contributed by atoms with Crippen LogP contribution in [0.5, 0.6) is 0 Å². The van der Waals surface area contributed by atoms with Crippen molar-refractivity contribution in [3.63, 3.8) is 0 Å². The van der Waals surface area contributed by atoms with E-state index in [2.05, 4.69) is 19.2 Å². The van der Waals surface area contributed by atoms with Crippen molar-refractivity contribution in [1.82, 2.24) is 5.32 Å². The molecule has 2 nitrogen and oxygen atoms in total. The van der Waals surface area contributed by atoms with Gasteiger partial charge in [-0.1, -0.05) is 26.0 Å². The fourth-order valence-electron chi connectivity index (χ4n) is 2.12. The standard InChI is InChI=1S/C16H27FN2/c1-12-10-14(7-8-15(12)17)16(3,4)11-19-9-5-6-13(2)18/h7-8,10,13,19H,5-6,9,11,18H2,1-4H3. The molecule has 0 saturated carbocycles. The first-order valence-electron chi connectivity index (χ1n) is 7.06. The van der Waals surface area contributed by atoms with Gasteiger partial charge in [0.2, 0.25) is 0 Å². The molecule has 1 unspecified atom stereocenters. The maximum atomic E-state index is 13.3. The van der Waals surface area contributed by atoms with Crippen molar-refractivity contribution in [2.75, 3.05) is 13.1 Å². The first-order valence-corrected chi connectivity index (χ1v) is 7.06. The Balaban J connectivity index is 2.48. The fraction of sp³-hybridized carbons (Fsp3) is 0.625. The van der Waals surface area contributed by atoms with Gasteiger partial charge in [-0.2, -0.15) is 0 Å². The van der Waals surface area contributed by atoms with Crippen LogP contribution in [0.1, 0.15) is 44.7 Å². The molecule has 3 heteroatoms. The van der Waals surface area contributed by atoms with E-state index in [0.29, 0.717) is 5.56 Å². The van der Waals surface area contributed by atoms with Gasteiger partial charge in [-0.05, 0) is 50.4 Å². The fourth-order valence-corrected chi connectivity index (χ4v) is 2.12. The molecule has 0 saturated heterocycles. The summed E-state index contributed by atoms with van der Waals surface area (Å²) in [5.41, 5.74) is 7.61. The SMILES string of the molecule is Cc1cc(C(C)(C)CNCCCC(C)N)ccc1F. The highest BCUT2D eigenvalue weighted by Crippen LogP contribution is 2.24. The number of nitrogens with two attached hydrogens (primary N) is 1. The molecule has 0 aliphatic rings. The van der Waals surface area contributed by atoms with Gasteiger partial charge in [0, 0.05) is 18.0 Å². The predicted octanol–water partition coefficient (Wildman–Crippen LogP) is 3.13. The number of nitrogens with one attached hydrogen (secondary N) is 1. The van der Waals surface area contributed by atoms with Gasteiger partial charge >= 0.3 is 0 Å². The summed E-state index contributed by atoms with van der Waals surface area (Å²) in [4.78, 5) is 0. The molecule has 0 aliphatic carbocycles. The number of rotatable bonds is 7. The maximum absolute atomic E-state index is 13.3. The van der Waals surface area contributed by atoms with Gasteiger partial charge in [0.15, 0.2) is 0 Å². The Morgan fingerprint density at radius 3 is 2.63 bits per heavy atom. The molecule has 1 aromatic rings. The molecular weight excluding hydrogens is 239 g/mol. The quantitative estimate of drug-likeness (QED) is 0.744. The van der Waals surface area contributed by atoms with Gasteiger partial charge in [0.05, 0.1) is 0 Å². The van der Waals surface area contributed by atoms with E-state index < -0.39 is 0 Å². The minimum atomic E-state index is -0.135. The maximum Gasteiger partial charge on any atom is 0.126 e.